The van der Waals surface area contributed by atoms with E-state index in [9.17, 15) is 57.1 Å². The fourth-order valence-corrected chi connectivity index (χ4v) is 1.00. The highest BCUT2D eigenvalue weighted by Gasteiger charge is 2.83. The molecule has 0 saturated carbocycles. The third kappa shape index (κ3) is 2.96. The van der Waals surface area contributed by atoms with Crippen LogP contribution in [-0.2, 0) is 4.74 Å². The molecule has 0 unspecified atom stereocenters. The van der Waals surface area contributed by atoms with Crippen LogP contribution in [0.2, 0.25) is 0 Å². The Labute approximate surface area is 112 Å². The fourth-order valence-electron chi connectivity index (χ4n) is 1.00. The molecule has 1 nitrogen and oxygen atoms in total. The number of rotatable bonds is 4. The lowest BCUT2D eigenvalue weighted by molar-refractivity contribution is -0.406. The van der Waals surface area contributed by atoms with Crippen molar-refractivity contribution in [3.05, 3.63) is 11.7 Å². The second kappa shape index (κ2) is 5.45. The minimum absolute atomic E-state index is 0.469. The predicted molar refractivity (Wildman–Crippen MR) is 42.1 cm³/mol. The summed E-state index contributed by atoms with van der Waals surface area (Å²) in [7, 11) is -0.469. The minimum atomic E-state index is -7.38. The van der Waals surface area contributed by atoms with Gasteiger partial charge in [-0.2, -0.15) is 52.7 Å². The van der Waals surface area contributed by atoms with Gasteiger partial charge in [-0.25, -0.2) is 4.39 Å². The van der Waals surface area contributed by atoms with E-state index < -0.39 is 48.8 Å². The van der Waals surface area contributed by atoms with Gasteiger partial charge in [0.15, 0.2) is 0 Å². The molecule has 0 aromatic carbocycles. The lowest BCUT2D eigenvalue weighted by Gasteiger charge is -2.36. The van der Waals surface area contributed by atoms with Crippen LogP contribution in [0.25, 0.3) is 0 Å². The zero-order chi connectivity index (χ0) is 18.4. The topological polar surface area (TPSA) is 9.23 Å². The Kier molecular flexibility index (Phi) is 5.15. The smallest absolute Gasteiger partial charge is 0.339 e. The summed E-state index contributed by atoms with van der Waals surface area (Å²) in [5, 5.41) is 0. The Bertz CT molecular complexity index is 444. The summed E-state index contributed by atoms with van der Waals surface area (Å²) in [4.78, 5) is 0. The summed E-state index contributed by atoms with van der Waals surface area (Å²) in [5.74, 6) is -29.6. The molecule has 0 radical (unpaired) electrons. The van der Waals surface area contributed by atoms with E-state index in [1.807, 2.05) is 0 Å². The first kappa shape index (κ1) is 20.8. The maximum atomic E-state index is 13.4. The average molecular weight is 362 g/mol. The van der Waals surface area contributed by atoms with E-state index >= 15 is 0 Å². The predicted octanol–water partition coefficient (Wildman–Crippen LogP) is 4.84. The van der Waals surface area contributed by atoms with Gasteiger partial charge < -0.3 is 4.74 Å². The molecular formula is C8H3F13O. The number of ether oxygens (including phenoxy) is 1. The second-order valence-electron chi connectivity index (χ2n) is 3.57. The van der Waals surface area contributed by atoms with E-state index in [1.165, 1.54) is 0 Å². The Hall–Kier alpha value is -1.21. The lowest BCUT2D eigenvalue weighted by Crippen LogP contribution is -2.63. The van der Waals surface area contributed by atoms with Gasteiger partial charge in [0.1, 0.15) is 0 Å². The number of hydrogen-bond acceptors (Lipinski definition) is 1. The number of hydrogen-bond donors (Lipinski definition) is 0. The summed E-state index contributed by atoms with van der Waals surface area (Å²) < 4.78 is 163. The first-order valence-electron chi connectivity index (χ1n) is 4.57. The third-order valence-electron chi connectivity index (χ3n) is 2.16. The van der Waals surface area contributed by atoms with E-state index in [0.717, 1.165) is 0 Å². The molecule has 0 aliphatic heterocycles. The summed E-state index contributed by atoms with van der Waals surface area (Å²) in [6, 6.07) is 0. The van der Waals surface area contributed by atoms with Crippen molar-refractivity contribution >= 4 is 0 Å². The van der Waals surface area contributed by atoms with Crippen LogP contribution < -0.4 is 0 Å². The third-order valence-corrected chi connectivity index (χ3v) is 2.16. The van der Waals surface area contributed by atoms with Crippen LogP contribution in [0.3, 0.4) is 0 Å². The van der Waals surface area contributed by atoms with E-state index in [-0.39, 0.29) is 0 Å². The summed E-state index contributed by atoms with van der Waals surface area (Å²) in [6.07, 6.45) is -13.7. The molecule has 0 aromatic rings. The van der Waals surface area contributed by atoms with Gasteiger partial charge in [0.25, 0.3) is 0 Å². The first-order valence-corrected chi connectivity index (χ1v) is 4.57. The molecule has 0 amide bonds. The van der Waals surface area contributed by atoms with Crippen LogP contribution in [0.5, 0.6) is 0 Å². The van der Waals surface area contributed by atoms with E-state index in [4.69, 9.17) is 0 Å². The molecule has 0 aromatic heterocycles. The molecule has 0 rings (SSSR count). The zero-order valence-corrected chi connectivity index (χ0v) is 9.82. The Morgan fingerprint density at radius 2 is 1.00 bits per heavy atom. The van der Waals surface area contributed by atoms with Crippen LogP contribution in [0.4, 0.5) is 57.1 Å². The van der Waals surface area contributed by atoms with Crippen molar-refractivity contribution < 1.29 is 61.8 Å². The Morgan fingerprint density at radius 3 is 1.23 bits per heavy atom. The van der Waals surface area contributed by atoms with Crippen molar-refractivity contribution in [2.75, 3.05) is 7.11 Å². The van der Waals surface area contributed by atoms with E-state index in [0.29, 0.717) is 0 Å². The second-order valence-corrected chi connectivity index (χ2v) is 3.57. The zero-order valence-electron chi connectivity index (χ0n) is 9.82. The molecule has 0 aliphatic rings. The Morgan fingerprint density at radius 1 is 0.636 bits per heavy atom. The highest BCUT2D eigenvalue weighted by Crippen LogP contribution is 2.56. The highest BCUT2D eigenvalue weighted by atomic mass is 19.4. The van der Waals surface area contributed by atoms with Crippen LogP contribution in [-0.4, -0.2) is 37.2 Å². The van der Waals surface area contributed by atoms with Gasteiger partial charge in [-0.1, -0.05) is 0 Å². The molecule has 0 bridgehead atoms. The van der Waals surface area contributed by atoms with Crippen molar-refractivity contribution in [2.45, 2.75) is 30.1 Å². The molecule has 0 heterocycles. The van der Waals surface area contributed by atoms with Crippen LogP contribution in [0.15, 0.2) is 11.7 Å². The summed E-state index contributed by atoms with van der Waals surface area (Å²) in [5.41, 5.74) is 0. The summed E-state index contributed by atoms with van der Waals surface area (Å²) in [6.45, 7) is 0. The summed E-state index contributed by atoms with van der Waals surface area (Å²) >= 11 is 0. The van der Waals surface area contributed by atoms with E-state index in [2.05, 4.69) is 4.74 Å². The molecule has 132 valence electrons. The van der Waals surface area contributed by atoms with Gasteiger partial charge in [-0.05, 0) is 0 Å². The van der Waals surface area contributed by atoms with Gasteiger partial charge >= 0.3 is 30.1 Å². The average Bonchev–Trinajstić information content (AvgIpc) is 2.32. The maximum Gasteiger partial charge on any atom is 0.460 e. The number of allylic oxidation sites excluding steroid dienone is 1. The van der Waals surface area contributed by atoms with Gasteiger partial charge in [-0.3, -0.25) is 0 Å². The number of methoxy groups -OCH3 is 1. The van der Waals surface area contributed by atoms with Gasteiger partial charge in [0, 0.05) is 7.11 Å². The fraction of sp³-hybridized carbons (Fsp3) is 0.750. The largest absolute Gasteiger partial charge is 0.460 e. The molecule has 0 saturated heterocycles. The van der Waals surface area contributed by atoms with Crippen molar-refractivity contribution in [3.8, 4) is 0 Å². The van der Waals surface area contributed by atoms with Crippen LogP contribution >= 0.6 is 0 Å². The van der Waals surface area contributed by atoms with E-state index in [1.54, 1.807) is 0 Å². The molecule has 0 N–H and O–H groups in total. The Balaban J connectivity index is 6.37. The number of halogens is 13. The normalized spacial score (nSPS) is 18.8. The van der Waals surface area contributed by atoms with Gasteiger partial charge in [-0.15, -0.1) is 0 Å². The highest BCUT2D eigenvalue weighted by molar-refractivity contribution is 5.21. The molecular weight excluding hydrogens is 359 g/mol. The standard InChI is InChI=1S/C8H3F13O/c1-22-4(11,2(9)3(10)5(12,13)14)6(15,16)7(17,18)8(19,20)21/h1H3/b3-2+/t4-/m1/s1. The molecule has 0 spiro atoms. The van der Waals surface area contributed by atoms with Gasteiger partial charge in [0.2, 0.25) is 11.7 Å². The van der Waals surface area contributed by atoms with Gasteiger partial charge in [0.05, 0.1) is 0 Å². The molecule has 0 fully saturated rings. The van der Waals surface area contributed by atoms with Crippen LogP contribution in [0, 0.1) is 0 Å². The molecule has 14 heteroatoms. The minimum Gasteiger partial charge on any atom is -0.339 e. The molecule has 22 heavy (non-hydrogen) atoms. The molecule has 0 aliphatic carbocycles. The first-order chi connectivity index (χ1) is 9.38. The SMILES string of the molecule is CO[C@](F)(/C(F)=C(\F)C(F)(F)F)C(F)(F)C(F)(F)C(F)(F)F. The van der Waals surface area contributed by atoms with Crippen molar-refractivity contribution in [1.29, 1.82) is 0 Å². The number of alkyl halides is 11. The maximum absolute atomic E-state index is 13.4. The van der Waals surface area contributed by atoms with Crippen molar-refractivity contribution in [3.63, 3.8) is 0 Å². The van der Waals surface area contributed by atoms with Crippen LogP contribution in [0.1, 0.15) is 0 Å². The van der Waals surface area contributed by atoms with Crippen molar-refractivity contribution in [2.24, 2.45) is 0 Å². The quantitative estimate of drug-likeness (QED) is 0.650. The monoisotopic (exact) mass is 362 g/mol. The molecule has 1 atom stereocenters. The van der Waals surface area contributed by atoms with Crippen molar-refractivity contribution in [1.82, 2.24) is 0 Å². The lowest BCUT2D eigenvalue weighted by atomic mass is 10.0.